The van der Waals surface area contributed by atoms with E-state index >= 15 is 0 Å². The Hall–Kier alpha value is -0.960. The van der Waals surface area contributed by atoms with Crippen LogP contribution in [0.5, 0.6) is 0 Å². The van der Waals surface area contributed by atoms with E-state index in [-0.39, 0.29) is 0 Å². The molecule has 0 fully saturated rings. The Bertz CT molecular complexity index is 247. The van der Waals surface area contributed by atoms with Gasteiger partial charge in [0.05, 0.1) is 32.2 Å². The van der Waals surface area contributed by atoms with Crippen molar-refractivity contribution in [2.75, 3.05) is 33.9 Å². The fourth-order valence-corrected chi connectivity index (χ4v) is 1.98. The third-order valence-electron chi connectivity index (χ3n) is 3.04. The Morgan fingerprint density at radius 1 is 1.12 bits per heavy atom. The van der Waals surface area contributed by atoms with E-state index in [9.17, 15) is 0 Å². The normalized spacial score (nSPS) is 17.1. The molecule has 0 spiro atoms. The van der Waals surface area contributed by atoms with Crippen molar-refractivity contribution >= 4 is 0 Å². The molecule has 0 heterocycles. The molecule has 0 bridgehead atoms. The highest BCUT2D eigenvalue weighted by atomic mass is 16.5. The molecule has 0 amide bonds. The van der Waals surface area contributed by atoms with Crippen LogP contribution < -0.4 is 0 Å². The van der Waals surface area contributed by atoms with E-state index < -0.39 is 0 Å². The first-order valence-electron chi connectivity index (χ1n) is 5.95. The first-order valence-corrected chi connectivity index (χ1v) is 5.95. The van der Waals surface area contributed by atoms with Crippen LogP contribution >= 0.6 is 0 Å². The van der Waals surface area contributed by atoms with Gasteiger partial charge in [0.25, 0.3) is 0 Å². The van der Waals surface area contributed by atoms with Crippen LogP contribution in [0.4, 0.5) is 0 Å². The van der Waals surface area contributed by atoms with E-state index in [1.165, 1.54) is 0 Å². The third kappa shape index (κ3) is 3.56. The van der Waals surface area contributed by atoms with Gasteiger partial charge in [-0.2, -0.15) is 0 Å². The summed E-state index contributed by atoms with van der Waals surface area (Å²) < 4.78 is 10.6. The zero-order valence-electron chi connectivity index (χ0n) is 10.8. The molecule has 0 unspecified atom stereocenters. The van der Waals surface area contributed by atoms with E-state index in [0.717, 1.165) is 37.6 Å². The average molecular weight is 225 g/mol. The van der Waals surface area contributed by atoms with Crippen LogP contribution in [0.15, 0.2) is 23.7 Å². The fraction of sp³-hybridized carbons (Fsp3) is 0.692. The van der Waals surface area contributed by atoms with Crippen molar-refractivity contribution in [3.05, 3.63) is 23.7 Å². The maximum absolute atomic E-state index is 5.32. The van der Waals surface area contributed by atoms with Crippen molar-refractivity contribution in [3.63, 3.8) is 0 Å². The second-order valence-corrected chi connectivity index (χ2v) is 4.00. The molecule has 0 radical (unpaired) electrons. The summed E-state index contributed by atoms with van der Waals surface area (Å²) in [7, 11) is 3.44. The lowest BCUT2D eigenvalue weighted by molar-refractivity contribution is 0.220. The van der Waals surface area contributed by atoms with Crippen molar-refractivity contribution in [1.29, 1.82) is 0 Å². The van der Waals surface area contributed by atoms with E-state index in [4.69, 9.17) is 9.47 Å². The molecule has 92 valence electrons. The molecular weight excluding hydrogens is 202 g/mol. The van der Waals surface area contributed by atoms with Crippen LogP contribution in [-0.4, -0.2) is 38.8 Å². The molecule has 0 N–H and O–H groups in total. The Morgan fingerprint density at radius 2 is 1.62 bits per heavy atom. The molecule has 1 rings (SSSR count). The van der Waals surface area contributed by atoms with Gasteiger partial charge in [-0.3, -0.25) is 0 Å². The highest BCUT2D eigenvalue weighted by Crippen LogP contribution is 2.23. The molecule has 0 atom stereocenters. The predicted molar refractivity (Wildman–Crippen MR) is 66.1 cm³/mol. The van der Waals surface area contributed by atoms with Crippen LogP contribution in [-0.2, 0) is 9.47 Å². The average Bonchev–Trinajstić information content (AvgIpc) is 2.35. The van der Waals surface area contributed by atoms with Gasteiger partial charge in [0.15, 0.2) is 0 Å². The zero-order valence-corrected chi connectivity index (χ0v) is 10.8. The van der Waals surface area contributed by atoms with Gasteiger partial charge < -0.3 is 14.4 Å². The van der Waals surface area contributed by atoms with Gasteiger partial charge >= 0.3 is 0 Å². The Labute approximate surface area is 98.7 Å². The first kappa shape index (κ1) is 13.1. The topological polar surface area (TPSA) is 21.7 Å². The summed E-state index contributed by atoms with van der Waals surface area (Å²) in [6, 6.07) is 0. The molecule has 3 nitrogen and oxygen atoms in total. The van der Waals surface area contributed by atoms with E-state index in [0.29, 0.717) is 5.92 Å². The SMILES string of the molecule is CCN(CC)CC1C=C(OC)CC(OC)=C1. The predicted octanol–water partition coefficient (Wildman–Crippen LogP) is 2.41. The smallest absolute Gasteiger partial charge is 0.0997 e. The lowest BCUT2D eigenvalue weighted by Gasteiger charge is -2.25. The van der Waals surface area contributed by atoms with Gasteiger partial charge in [-0.1, -0.05) is 13.8 Å². The molecule has 16 heavy (non-hydrogen) atoms. The lowest BCUT2D eigenvalue weighted by Crippen LogP contribution is -2.29. The summed E-state index contributed by atoms with van der Waals surface area (Å²) in [5.74, 6) is 2.42. The molecular formula is C13H23NO2. The number of methoxy groups -OCH3 is 2. The molecule has 3 heteroatoms. The zero-order chi connectivity index (χ0) is 12.0. The minimum Gasteiger partial charge on any atom is -0.501 e. The molecule has 1 aliphatic rings. The molecule has 0 aliphatic heterocycles. The monoisotopic (exact) mass is 225 g/mol. The molecule has 1 aliphatic carbocycles. The maximum Gasteiger partial charge on any atom is 0.0997 e. The summed E-state index contributed by atoms with van der Waals surface area (Å²) in [5, 5.41) is 0. The number of ether oxygens (including phenoxy) is 2. The molecule has 0 saturated heterocycles. The summed E-state index contributed by atoms with van der Waals surface area (Å²) in [5.41, 5.74) is 0. The standard InChI is InChI=1S/C13H23NO2/c1-5-14(6-2)10-11-7-12(15-3)9-13(8-11)16-4/h7-8,11H,5-6,9-10H2,1-4H3. The summed E-state index contributed by atoms with van der Waals surface area (Å²) in [6.07, 6.45) is 5.17. The minimum absolute atomic E-state index is 0.401. The molecule has 0 saturated carbocycles. The van der Waals surface area contributed by atoms with Crippen LogP contribution in [0.25, 0.3) is 0 Å². The number of hydrogen-bond acceptors (Lipinski definition) is 3. The first-order chi connectivity index (χ1) is 7.73. The fourth-order valence-electron chi connectivity index (χ4n) is 1.98. The van der Waals surface area contributed by atoms with Crippen LogP contribution in [0.3, 0.4) is 0 Å². The summed E-state index contributed by atoms with van der Waals surface area (Å²) >= 11 is 0. The van der Waals surface area contributed by atoms with Crippen molar-refractivity contribution in [2.24, 2.45) is 5.92 Å². The van der Waals surface area contributed by atoms with Crippen molar-refractivity contribution in [2.45, 2.75) is 20.3 Å². The number of rotatable bonds is 6. The number of nitrogens with zero attached hydrogens (tertiary/aromatic N) is 1. The lowest BCUT2D eigenvalue weighted by atomic mass is 10.00. The van der Waals surface area contributed by atoms with Gasteiger partial charge in [0, 0.05) is 12.5 Å². The van der Waals surface area contributed by atoms with Gasteiger partial charge in [0.1, 0.15) is 0 Å². The quantitative estimate of drug-likeness (QED) is 0.693. The second kappa shape index (κ2) is 6.59. The van der Waals surface area contributed by atoms with Crippen LogP contribution in [0.2, 0.25) is 0 Å². The van der Waals surface area contributed by atoms with E-state index in [2.05, 4.69) is 30.9 Å². The van der Waals surface area contributed by atoms with E-state index in [1.807, 2.05) is 0 Å². The highest BCUT2D eigenvalue weighted by molar-refractivity contribution is 5.18. The van der Waals surface area contributed by atoms with Crippen molar-refractivity contribution in [3.8, 4) is 0 Å². The van der Waals surface area contributed by atoms with Gasteiger partial charge in [0.2, 0.25) is 0 Å². The van der Waals surface area contributed by atoms with Crippen LogP contribution in [0, 0.1) is 5.92 Å². The summed E-state index contributed by atoms with van der Waals surface area (Å²) in [4.78, 5) is 2.41. The van der Waals surface area contributed by atoms with Crippen molar-refractivity contribution < 1.29 is 9.47 Å². The summed E-state index contributed by atoms with van der Waals surface area (Å²) in [6.45, 7) is 7.58. The van der Waals surface area contributed by atoms with Gasteiger partial charge in [-0.25, -0.2) is 0 Å². The third-order valence-corrected chi connectivity index (χ3v) is 3.04. The van der Waals surface area contributed by atoms with Crippen LogP contribution in [0.1, 0.15) is 20.3 Å². The van der Waals surface area contributed by atoms with Gasteiger partial charge in [-0.15, -0.1) is 0 Å². The highest BCUT2D eigenvalue weighted by Gasteiger charge is 2.17. The minimum atomic E-state index is 0.401. The Balaban J connectivity index is 2.65. The Morgan fingerprint density at radius 3 is 2.00 bits per heavy atom. The van der Waals surface area contributed by atoms with E-state index in [1.54, 1.807) is 14.2 Å². The van der Waals surface area contributed by atoms with Gasteiger partial charge in [-0.05, 0) is 25.2 Å². The molecule has 0 aromatic carbocycles. The Kier molecular flexibility index (Phi) is 5.39. The second-order valence-electron chi connectivity index (χ2n) is 4.00. The van der Waals surface area contributed by atoms with Crippen molar-refractivity contribution in [1.82, 2.24) is 4.90 Å². The molecule has 0 aromatic rings. The largest absolute Gasteiger partial charge is 0.501 e. The number of hydrogen-bond donors (Lipinski definition) is 0. The maximum atomic E-state index is 5.32. The molecule has 0 aromatic heterocycles.